The number of aliphatic carboxylic acids is 1. The lowest BCUT2D eigenvalue weighted by Gasteiger charge is -1.88. The Kier molecular flexibility index (Phi) is 3.55. The highest BCUT2D eigenvalue weighted by Crippen LogP contribution is 2.18. The lowest BCUT2D eigenvalue weighted by atomic mass is 10.1. The normalized spacial score (nSPS) is 12.0. The average Bonchev–Trinajstić information content (AvgIpc) is 2.56. The fourth-order valence-corrected chi connectivity index (χ4v) is 1.06. The van der Waals surface area contributed by atoms with Gasteiger partial charge in [0.25, 0.3) is 0 Å². The van der Waals surface area contributed by atoms with Crippen LogP contribution in [0.3, 0.4) is 0 Å². The summed E-state index contributed by atoms with van der Waals surface area (Å²) in [5, 5.41) is 14.8. The first-order valence-electron chi connectivity index (χ1n) is 4.31. The molecule has 0 spiro atoms. The minimum absolute atomic E-state index is 0.0504. The van der Waals surface area contributed by atoms with E-state index in [1.807, 2.05) is 0 Å². The second kappa shape index (κ2) is 4.88. The van der Waals surface area contributed by atoms with Crippen LogP contribution in [0.5, 0.6) is 0 Å². The molecule has 5 nitrogen and oxygen atoms in total. The SMILES string of the molecule is C=CC(=O)O.N=C1OC(=O)c2ccccc21. The number of carbonyl (C=O) groups excluding carboxylic acids is 1. The van der Waals surface area contributed by atoms with Gasteiger partial charge in [-0.05, 0) is 12.1 Å². The highest BCUT2D eigenvalue weighted by molar-refractivity contribution is 6.15. The number of benzene rings is 1. The second-order valence-electron chi connectivity index (χ2n) is 2.81. The molecule has 1 aromatic carbocycles. The van der Waals surface area contributed by atoms with E-state index in [0.717, 1.165) is 6.08 Å². The summed E-state index contributed by atoms with van der Waals surface area (Å²) in [6.45, 7) is 2.96. The van der Waals surface area contributed by atoms with Crippen LogP contribution < -0.4 is 0 Å². The number of ether oxygens (including phenoxy) is 1. The third kappa shape index (κ3) is 2.54. The molecule has 1 aliphatic rings. The van der Waals surface area contributed by atoms with Crippen molar-refractivity contribution in [1.82, 2.24) is 0 Å². The zero-order valence-electron chi connectivity index (χ0n) is 8.27. The first-order valence-corrected chi connectivity index (χ1v) is 4.31. The number of cyclic esters (lactones) is 1. The molecule has 0 aromatic heterocycles. The van der Waals surface area contributed by atoms with E-state index in [2.05, 4.69) is 11.3 Å². The van der Waals surface area contributed by atoms with Gasteiger partial charge in [-0.1, -0.05) is 18.7 Å². The van der Waals surface area contributed by atoms with E-state index in [4.69, 9.17) is 10.5 Å². The van der Waals surface area contributed by atoms with Gasteiger partial charge < -0.3 is 9.84 Å². The van der Waals surface area contributed by atoms with Crippen LogP contribution in [-0.2, 0) is 9.53 Å². The molecule has 1 heterocycles. The highest BCUT2D eigenvalue weighted by atomic mass is 16.5. The van der Waals surface area contributed by atoms with Crippen molar-refractivity contribution in [2.24, 2.45) is 0 Å². The van der Waals surface area contributed by atoms with E-state index >= 15 is 0 Å². The monoisotopic (exact) mass is 219 g/mol. The molecule has 0 fully saturated rings. The van der Waals surface area contributed by atoms with Crippen molar-refractivity contribution < 1.29 is 19.4 Å². The predicted octanol–water partition coefficient (Wildman–Crippen LogP) is 1.44. The second-order valence-corrected chi connectivity index (χ2v) is 2.81. The van der Waals surface area contributed by atoms with Gasteiger partial charge in [-0.3, -0.25) is 5.41 Å². The molecule has 82 valence electrons. The molecule has 16 heavy (non-hydrogen) atoms. The molecular formula is C11H9NO4. The van der Waals surface area contributed by atoms with E-state index in [1.54, 1.807) is 24.3 Å². The van der Waals surface area contributed by atoms with E-state index in [1.165, 1.54) is 0 Å². The van der Waals surface area contributed by atoms with Crippen molar-refractivity contribution in [1.29, 1.82) is 5.41 Å². The number of esters is 1. The Balaban J connectivity index is 0.000000221. The molecule has 5 heteroatoms. The lowest BCUT2D eigenvalue weighted by molar-refractivity contribution is -0.131. The van der Waals surface area contributed by atoms with Gasteiger partial charge in [0.15, 0.2) is 0 Å². The van der Waals surface area contributed by atoms with Gasteiger partial charge in [0.1, 0.15) is 0 Å². The molecule has 0 saturated carbocycles. The van der Waals surface area contributed by atoms with Crippen molar-refractivity contribution >= 4 is 17.8 Å². The molecule has 0 aliphatic carbocycles. The summed E-state index contributed by atoms with van der Waals surface area (Å²) in [7, 11) is 0. The van der Waals surface area contributed by atoms with Gasteiger partial charge in [0, 0.05) is 6.08 Å². The average molecular weight is 219 g/mol. The van der Waals surface area contributed by atoms with Crippen LogP contribution in [0.2, 0.25) is 0 Å². The maximum atomic E-state index is 10.9. The van der Waals surface area contributed by atoms with Gasteiger partial charge >= 0.3 is 11.9 Å². The van der Waals surface area contributed by atoms with Crippen LogP contribution in [0.1, 0.15) is 15.9 Å². The molecular weight excluding hydrogens is 210 g/mol. The van der Waals surface area contributed by atoms with Gasteiger partial charge in [-0.25, -0.2) is 9.59 Å². The molecule has 2 N–H and O–H groups in total. The van der Waals surface area contributed by atoms with Crippen molar-refractivity contribution in [2.45, 2.75) is 0 Å². The maximum absolute atomic E-state index is 10.9. The fourth-order valence-electron chi connectivity index (χ4n) is 1.06. The van der Waals surface area contributed by atoms with Crippen LogP contribution >= 0.6 is 0 Å². The number of hydrogen-bond acceptors (Lipinski definition) is 4. The lowest BCUT2D eigenvalue weighted by Crippen LogP contribution is -1.96. The number of carbonyl (C=O) groups is 2. The molecule has 1 aromatic rings. The first kappa shape index (κ1) is 11.6. The standard InChI is InChI=1S/C8H5NO2.C3H4O2/c9-7-5-3-1-2-4-6(5)8(10)11-7;1-2-3(4)5/h1-4,9H;2H,1H2,(H,4,5). The Morgan fingerprint density at radius 3 is 2.31 bits per heavy atom. The van der Waals surface area contributed by atoms with Crippen LogP contribution in [0, 0.1) is 5.41 Å². The summed E-state index contributed by atoms with van der Waals surface area (Å²) in [5.74, 6) is -1.46. The van der Waals surface area contributed by atoms with Crippen molar-refractivity contribution in [3.05, 3.63) is 48.0 Å². The summed E-state index contributed by atoms with van der Waals surface area (Å²) >= 11 is 0. The molecule has 2 rings (SSSR count). The number of carboxylic acids is 1. The molecule has 0 unspecified atom stereocenters. The smallest absolute Gasteiger partial charge is 0.345 e. The van der Waals surface area contributed by atoms with Crippen molar-refractivity contribution in [2.75, 3.05) is 0 Å². The number of nitrogens with one attached hydrogen (secondary N) is 1. The first-order chi connectivity index (χ1) is 7.56. The van der Waals surface area contributed by atoms with E-state index < -0.39 is 11.9 Å². The van der Waals surface area contributed by atoms with E-state index in [0.29, 0.717) is 11.1 Å². The number of fused-ring (bicyclic) bond motifs is 1. The molecule has 0 atom stereocenters. The summed E-state index contributed by atoms with van der Waals surface area (Å²) < 4.78 is 4.58. The van der Waals surface area contributed by atoms with Gasteiger partial charge in [-0.2, -0.15) is 0 Å². The molecule has 0 saturated heterocycles. The zero-order valence-corrected chi connectivity index (χ0v) is 8.27. The van der Waals surface area contributed by atoms with Crippen LogP contribution in [0.15, 0.2) is 36.9 Å². The topological polar surface area (TPSA) is 87.4 Å². The summed E-state index contributed by atoms with van der Waals surface area (Å²) in [6, 6.07) is 6.87. The fraction of sp³-hybridized carbons (Fsp3) is 0. The largest absolute Gasteiger partial charge is 0.478 e. The molecule has 0 amide bonds. The predicted molar refractivity (Wildman–Crippen MR) is 56.5 cm³/mol. The Labute approximate surface area is 91.5 Å². The maximum Gasteiger partial charge on any atom is 0.345 e. The van der Waals surface area contributed by atoms with Crippen LogP contribution in [0.4, 0.5) is 0 Å². The Morgan fingerprint density at radius 1 is 1.38 bits per heavy atom. The van der Waals surface area contributed by atoms with Gasteiger partial charge in [0.05, 0.1) is 11.1 Å². The zero-order chi connectivity index (χ0) is 12.1. The third-order valence-electron chi connectivity index (χ3n) is 1.76. The van der Waals surface area contributed by atoms with E-state index in [9.17, 15) is 9.59 Å². The number of carboxylic acid groups (broad SMARTS) is 1. The van der Waals surface area contributed by atoms with Gasteiger partial charge in [0.2, 0.25) is 5.90 Å². The summed E-state index contributed by atoms with van der Waals surface area (Å²) in [6.07, 6.45) is 0.833. The Bertz CT molecular complexity index is 432. The summed E-state index contributed by atoms with van der Waals surface area (Å²) in [4.78, 5) is 20.2. The van der Waals surface area contributed by atoms with E-state index in [-0.39, 0.29) is 5.90 Å². The number of hydrogen-bond donors (Lipinski definition) is 2. The molecule has 0 bridgehead atoms. The quantitative estimate of drug-likeness (QED) is 0.552. The summed E-state index contributed by atoms with van der Waals surface area (Å²) in [5.41, 5.74) is 1.06. The molecule has 0 radical (unpaired) electrons. The van der Waals surface area contributed by atoms with Crippen LogP contribution in [-0.4, -0.2) is 22.9 Å². The number of rotatable bonds is 1. The van der Waals surface area contributed by atoms with Crippen molar-refractivity contribution in [3.8, 4) is 0 Å². The van der Waals surface area contributed by atoms with Gasteiger partial charge in [-0.15, -0.1) is 0 Å². The highest BCUT2D eigenvalue weighted by Gasteiger charge is 2.25. The Hall–Kier alpha value is -2.43. The van der Waals surface area contributed by atoms with Crippen molar-refractivity contribution in [3.63, 3.8) is 0 Å². The molecule has 1 aliphatic heterocycles. The minimum atomic E-state index is -0.981. The van der Waals surface area contributed by atoms with Crippen LogP contribution in [0.25, 0.3) is 0 Å². The minimum Gasteiger partial charge on any atom is -0.478 e. The third-order valence-corrected chi connectivity index (χ3v) is 1.76. The Morgan fingerprint density at radius 2 is 1.88 bits per heavy atom.